The maximum atomic E-state index is 12.0. The van der Waals surface area contributed by atoms with Crippen molar-refractivity contribution in [1.82, 2.24) is 15.0 Å². The molecule has 6 heteroatoms. The molecule has 0 amide bonds. The van der Waals surface area contributed by atoms with Crippen LogP contribution in [0.15, 0.2) is 23.1 Å². The molecule has 2 aromatic rings. The average molecular weight is 274 g/mol. The predicted octanol–water partition coefficient (Wildman–Crippen LogP) is 1.96. The zero-order chi connectivity index (χ0) is 14.7. The van der Waals surface area contributed by atoms with E-state index in [1.165, 1.54) is 0 Å². The third-order valence-electron chi connectivity index (χ3n) is 3.03. The minimum atomic E-state index is -0.165. The van der Waals surface area contributed by atoms with E-state index in [0.29, 0.717) is 17.3 Å². The number of nitrogens with zero attached hydrogens (tertiary/aromatic N) is 2. The Balaban J connectivity index is 2.23. The Morgan fingerprint density at radius 2 is 2.10 bits per heavy atom. The minimum Gasteiger partial charge on any atom is -0.481 e. The lowest BCUT2D eigenvalue weighted by molar-refractivity contribution is 0.398. The zero-order valence-electron chi connectivity index (χ0n) is 12.0. The molecule has 1 atom stereocenters. The van der Waals surface area contributed by atoms with Crippen molar-refractivity contribution < 1.29 is 4.74 Å². The fourth-order valence-electron chi connectivity index (χ4n) is 2.15. The number of aromatic nitrogens is 3. The van der Waals surface area contributed by atoms with Crippen LogP contribution in [0.5, 0.6) is 5.88 Å². The number of nitrogens with one attached hydrogen (secondary N) is 2. The summed E-state index contributed by atoms with van der Waals surface area (Å²) in [5.74, 6) is 1.17. The summed E-state index contributed by atoms with van der Waals surface area (Å²) in [5.41, 5.74) is 2.06. The van der Waals surface area contributed by atoms with E-state index in [2.05, 4.69) is 20.3 Å². The van der Waals surface area contributed by atoms with Crippen molar-refractivity contribution in [1.29, 1.82) is 0 Å². The van der Waals surface area contributed by atoms with Crippen LogP contribution in [0.25, 0.3) is 0 Å². The van der Waals surface area contributed by atoms with Crippen molar-refractivity contribution in [2.75, 3.05) is 12.4 Å². The van der Waals surface area contributed by atoms with Crippen molar-refractivity contribution in [3.05, 3.63) is 45.8 Å². The first kappa shape index (κ1) is 14.0. The summed E-state index contributed by atoms with van der Waals surface area (Å²) in [6.45, 7) is 5.52. The van der Waals surface area contributed by atoms with Gasteiger partial charge in [0.1, 0.15) is 5.82 Å². The number of rotatable bonds is 4. The van der Waals surface area contributed by atoms with E-state index < -0.39 is 0 Å². The van der Waals surface area contributed by atoms with Gasteiger partial charge in [-0.3, -0.25) is 4.79 Å². The normalized spacial score (nSPS) is 12.0. The lowest BCUT2D eigenvalue weighted by Crippen LogP contribution is -2.23. The van der Waals surface area contributed by atoms with Gasteiger partial charge in [0, 0.05) is 6.07 Å². The van der Waals surface area contributed by atoms with E-state index in [0.717, 1.165) is 11.4 Å². The van der Waals surface area contributed by atoms with Gasteiger partial charge in [-0.2, -0.15) is 0 Å². The molecule has 0 aliphatic rings. The van der Waals surface area contributed by atoms with Crippen LogP contribution in [0.2, 0.25) is 0 Å². The van der Waals surface area contributed by atoms with Gasteiger partial charge in [0.2, 0.25) is 5.88 Å². The molecule has 0 saturated carbocycles. The standard InChI is InChI=1S/C14H18N4O2/c1-8-13(14(19)18-10(3)16-8)9(2)17-11-5-6-12(20-4)15-7-11/h5-7,9,17H,1-4H3,(H,16,18,19). The van der Waals surface area contributed by atoms with Crippen LogP contribution in [-0.2, 0) is 0 Å². The Morgan fingerprint density at radius 1 is 1.35 bits per heavy atom. The fraction of sp³-hybridized carbons (Fsp3) is 0.357. The molecule has 2 rings (SSSR count). The second-order valence-electron chi connectivity index (χ2n) is 4.61. The largest absolute Gasteiger partial charge is 0.481 e. The Bertz CT molecular complexity index is 649. The Hall–Kier alpha value is -2.37. The minimum absolute atomic E-state index is 0.114. The highest BCUT2D eigenvalue weighted by Crippen LogP contribution is 2.19. The van der Waals surface area contributed by atoms with Crippen LogP contribution in [0.4, 0.5) is 5.69 Å². The fourth-order valence-corrected chi connectivity index (χ4v) is 2.15. The lowest BCUT2D eigenvalue weighted by Gasteiger charge is -2.16. The van der Waals surface area contributed by atoms with Crippen molar-refractivity contribution in [3.8, 4) is 5.88 Å². The van der Waals surface area contributed by atoms with E-state index in [9.17, 15) is 4.79 Å². The summed E-state index contributed by atoms with van der Waals surface area (Å²) in [7, 11) is 1.57. The third kappa shape index (κ3) is 2.96. The molecule has 2 aromatic heterocycles. The van der Waals surface area contributed by atoms with Gasteiger partial charge < -0.3 is 15.0 Å². The molecule has 0 aliphatic carbocycles. The second-order valence-corrected chi connectivity index (χ2v) is 4.61. The molecule has 106 valence electrons. The van der Waals surface area contributed by atoms with Crippen LogP contribution in [0, 0.1) is 13.8 Å². The molecule has 0 bridgehead atoms. The van der Waals surface area contributed by atoms with Gasteiger partial charge in [-0.1, -0.05) is 0 Å². The summed E-state index contributed by atoms with van der Waals surface area (Å²) in [6, 6.07) is 3.45. The Kier molecular flexibility index (Phi) is 4.02. The van der Waals surface area contributed by atoms with Crippen LogP contribution in [0.1, 0.15) is 30.0 Å². The number of aryl methyl sites for hydroxylation is 2. The van der Waals surface area contributed by atoms with Gasteiger partial charge >= 0.3 is 0 Å². The molecular weight excluding hydrogens is 256 g/mol. The number of pyridine rings is 1. The van der Waals surface area contributed by atoms with Gasteiger partial charge in [-0.15, -0.1) is 0 Å². The summed E-state index contributed by atoms with van der Waals surface area (Å²) < 4.78 is 5.01. The number of H-pyrrole nitrogens is 1. The molecule has 0 spiro atoms. The van der Waals surface area contributed by atoms with E-state index >= 15 is 0 Å². The number of methoxy groups -OCH3 is 1. The Labute approximate surface area is 117 Å². The number of hydrogen-bond acceptors (Lipinski definition) is 5. The molecule has 20 heavy (non-hydrogen) atoms. The van der Waals surface area contributed by atoms with Gasteiger partial charge in [-0.05, 0) is 26.8 Å². The highest BCUT2D eigenvalue weighted by atomic mass is 16.5. The van der Waals surface area contributed by atoms with Crippen molar-refractivity contribution in [2.45, 2.75) is 26.8 Å². The second kappa shape index (κ2) is 5.73. The van der Waals surface area contributed by atoms with E-state index in [1.807, 2.05) is 19.9 Å². The summed E-state index contributed by atoms with van der Waals surface area (Å²) in [6.07, 6.45) is 1.67. The molecule has 0 saturated heterocycles. The third-order valence-corrected chi connectivity index (χ3v) is 3.03. The smallest absolute Gasteiger partial charge is 0.256 e. The highest BCUT2D eigenvalue weighted by molar-refractivity contribution is 5.44. The van der Waals surface area contributed by atoms with Crippen molar-refractivity contribution >= 4 is 5.69 Å². The zero-order valence-corrected chi connectivity index (χ0v) is 12.0. The predicted molar refractivity (Wildman–Crippen MR) is 77.2 cm³/mol. The first-order valence-electron chi connectivity index (χ1n) is 6.35. The van der Waals surface area contributed by atoms with Gasteiger partial charge in [0.05, 0.1) is 36.3 Å². The van der Waals surface area contributed by atoms with Crippen LogP contribution < -0.4 is 15.6 Å². The molecule has 0 fully saturated rings. The van der Waals surface area contributed by atoms with Crippen molar-refractivity contribution in [3.63, 3.8) is 0 Å². The molecule has 2 N–H and O–H groups in total. The number of hydrogen-bond donors (Lipinski definition) is 2. The first-order valence-corrected chi connectivity index (χ1v) is 6.35. The van der Waals surface area contributed by atoms with Crippen molar-refractivity contribution in [2.24, 2.45) is 0 Å². The first-order chi connectivity index (χ1) is 9.51. The maximum absolute atomic E-state index is 12.0. The van der Waals surface area contributed by atoms with Crippen LogP contribution >= 0.6 is 0 Å². The lowest BCUT2D eigenvalue weighted by atomic mass is 10.1. The molecule has 0 aliphatic heterocycles. The molecule has 2 heterocycles. The molecule has 1 unspecified atom stereocenters. The molecule has 0 aromatic carbocycles. The summed E-state index contributed by atoms with van der Waals surface area (Å²) in [5, 5.41) is 3.23. The summed E-state index contributed by atoms with van der Waals surface area (Å²) >= 11 is 0. The van der Waals surface area contributed by atoms with E-state index in [1.54, 1.807) is 26.3 Å². The van der Waals surface area contributed by atoms with E-state index in [4.69, 9.17) is 4.74 Å². The van der Waals surface area contributed by atoms with Gasteiger partial charge in [0.15, 0.2) is 0 Å². The van der Waals surface area contributed by atoms with Gasteiger partial charge in [0.25, 0.3) is 5.56 Å². The number of ether oxygens (including phenoxy) is 1. The molecular formula is C14H18N4O2. The maximum Gasteiger partial charge on any atom is 0.256 e. The number of aromatic amines is 1. The van der Waals surface area contributed by atoms with E-state index in [-0.39, 0.29) is 11.6 Å². The highest BCUT2D eigenvalue weighted by Gasteiger charge is 2.14. The van der Waals surface area contributed by atoms with Crippen LogP contribution in [0.3, 0.4) is 0 Å². The SMILES string of the molecule is COc1ccc(NC(C)c2c(C)nc(C)[nH]c2=O)cn1. The Morgan fingerprint density at radius 3 is 2.65 bits per heavy atom. The molecule has 0 radical (unpaired) electrons. The van der Waals surface area contributed by atoms with Gasteiger partial charge in [-0.25, -0.2) is 9.97 Å². The topological polar surface area (TPSA) is 79.9 Å². The van der Waals surface area contributed by atoms with Crippen LogP contribution in [-0.4, -0.2) is 22.1 Å². The average Bonchev–Trinajstić information content (AvgIpc) is 2.38. The monoisotopic (exact) mass is 274 g/mol. The number of anilines is 1. The molecule has 6 nitrogen and oxygen atoms in total. The summed E-state index contributed by atoms with van der Waals surface area (Å²) in [4.78, 5) is 23.2. The quantitative estimate of drug-likeness (QED) is 0.891.